The van der Waals surface area contributed by atoms with Crippen LogP contribution in [0.15, 0.2) is 109 Å². The highest BCUT2D eigenvalue weighted by atomic mass is 19.4. The second kappa shape index (κ2) is 21.5. The first-order chi connectivity index (χ1) is 27.0. The third-order valence-corrected chi connectivity index (χ3v) is 11.3. The van der Waals surface area contributed by atoms with E-state index in [1.54, 1.807) is 13.8 Å². The molecule has 0 fully saturated rings. The van der Waals surface area contributed by atoms with E-state index >= 15 is 0 Å². The quantitative estimate of drug-likeness (QED) is 0.157. The Bertz CT molecular complexity index is 2220. The highest BCUT2D eigenvalue weighted by Gasteiger charge is 2.72. The minimum atomic E-state index is -5.55. The van der Waals surface area contributed by atoms with Crippen molar-refractivity contribution in [2.45, 2.75) is 123 Å². The van der Waals surface area contributed by atoms with Crippen LogP contribution in [0.5, 0.6) is 11.5 Å². The number of ether oxygens (including phenoxy) is 1. The maximum absolute atomic E-state index is 14.0. The first-order valence-corrected chi connectivity index (χ1v) is 19.2. The van der Waals surface area contributed by atoms with Crippen molar-refractivity contribution in [2.24, 2.45) is 0 Å². The highest BCUT2D eigenvalue weighted by molar-refractivity contribution is 5.66. The molecule has 0 N–H and O–H groups in total. The molecule has 0 aliphatic carbocycles. The number of alkyl halides is 6. The van der Waals surface area contributed by atoms with E-state index in [0.717, 1.165) is 35.8 Å². The molecule has 0 saturated carbocycles. The molecule has 0 amide bonds. The van der Waals surface area contributed by atoms with E-state index in [2.05, 4.69) is 116 Å². The molecule has 0 aromatic heterocycles. The zero-order valence-electron chi connectivity index (χ0n) is 35.6. The monoisotopic (exact) mass is 845 g/mol. The molecule has 6 aromatic carbocycles. The maximum Gasteiger partial charge on any atom is 0.411 e. The summed E-state index contributed by atoms with van der Waals surface area (Å²) >= 11 is 0. The lowest BCUT2D eigenvalue weighted by atomic mass is 9.71. The van der Waals surface area contributed by atoms with Crippen LogP contribution >= 0.6 is 0 Å². The van der Waals surface area contributed by atoms with Crippen LogP contribution in [0.4, 0.5) is 26.3 Å². The molecule has 0 unspecified atom stereocenters. The fourth-order valence-corrected chi connectivity index (χ4v) is 6.46. The van der Waals surface area contributed by atoms with E-state index < -0.39 is 28.9 Å². The summed E-state index contributed by atoms with van der Waals surface area (Å²) in [6.07, 6.45) is -11.1. The average Bonchev–Trinajstić information content (AvgIpc) is 3.13. The Labute approximate surface area is 362 Å². The van der Waals surface area contributed by atoms with Crippen molar-refractivity contribution in [2.75, 3.05) is 0 Å². The van der Waals surface area contributed by atoms with Gasteiger partial charge in [-0.3, -0.25) is 0 Å². The summed E-state index contributed by atoms with van der Waals surface area (Å²) in [4.78, 5) is 0. The van der Waals surface area contributed by atoms with Gasteiger partial charge in [0.15, 0.2) is 0 Å². The summed E-state index contributed by atoms with van der Waals surface area (Å²) in [5, 5.41) is 0. The van der Waals surface area contributed by atoms with Crippen LogP contribution in [-0.2, 0) is 5.41 Å². The van der Waals surface area contributed by atoms with Gasteiger partial charge in [0.2, 0.25) is 5.41 Å². The topological polar surface area (TPSA) is 9.23 Å². The first-order valence-electron chi connectivity index (χ1n) is 19.2. The van der Waals surface area contributed by atoms with E-state index in [4.69, 9.17) is 4.74 Å². The van der Waals surface area contributed by atoms with Gasteiger partial charge < -0.3 is 4.74 Å². The van der Waals surface area contributed by atoms with Crippen molar-refractivity contribution < 1.29 is 31.1 Å². The van der Waals surface area contributed by atoms with Crippen LogP contribution in [-0.4, -0.2) is 12.4 Å². The molecule has 1 nitrogen and oxygen atoms in total. The van der Waals surface area contributed by atoms with Gasteiger partial charge in [-0.05, 0) is 196 Å². The summed E-state index contributed by atoms with van der Waals surface area (Å²) in [7, 11) is 0. The molecular formula is C54H66F6O. The SMILES string of the molecule is C.C.C.Cc1ccc(-c2ccc(C)c(C)c2)cc1C.Cc1ccc(C(c2ccc(C)c(C)c2)(C(F)(F)F)C(F)(F)F)cc1C.Cc1ccc(Oc2ccc(C)c(C)c2)cc1C. The zero-order valence-corrected chi connectivity index (χ0v) is 35.6. The molecule has 0 radical (unpaired) electrons. The summed E-state index contributed by atoms with van der Waals surface area (Å²) in [6.45, 7) is 23.3. The van der Waals surface area contributed by atoms with Crippen LogP contribution in [0.1, 0.15) is 100 Å². The predicted molar refractivity (Wildman–Crippen MR) is 248 cm³/mol. The van der Waals surface area contributed by atoms with Crippen LogP contribution in [0, 0.1) is 83.1 Å². The van der Waals surface area contributed by atoms with E-state index in [0.29, 0.717) is 22.3 Å². The van der Waals surface area contributed by atoms with Crippen molar-refractivity contribution in [3.05, 3.63) is 187 Å². The number of benzene rings is 6. The summed E-state index contributed by atoms with van der Waals surface area (Å²) in [5.74, 6) is 1.80. The molecule has 6 aromatic rings. The number of aryl methyl sites for hydroxylation is 12. The Kier molecular flexibility index (Phi) is 18.9. The summed E-state index contributed by atoms with van der Waals surface area (Å²) in [6, 6.07) is 32.0. The molecule has 0 aliphatic rings. The fraction of sp³-hybridized carbons (Fsp3) is 0.333. The van der Waals surface area contributed by atoms with Gasteiger partial charge in [0.25, 0.3) is 0 Å². The second-order valence-corrected chi connectivity index (χ2v) is 15.5. The molecule has 0 atom stereocenters. The van der Waals surface area contributed by atoms with Gasteiger partial charge >= 0.3 is 12.4 Å². The van der Waals surface area contributed by atoms with E-state index in [1.165, 1.54) is 81.6 Å². The molecule has 330 valence electrons. The summed E-state index contributed by atoms with van der Waals surface area (Å²) < 4.78 is 89.8. The van der Waals surface area contributed by atoms with Gasteiger partial charge in [-0.1, -0.05) is 107 Å². The normalized spacial score (nSPS) is 11.0. The zero-order chi connectivity index (χ0) is 43.3. The first kappa shape index (κ1) is 53.7. The van der Waals surface area contributed by atoms with Gasteiger partial charge in [0, 0.05) is 0 Å². The Morgan fingerprint density at radius 2 is 0.541 bits per heavy atom. The Morgan fingerprint density at radius 1 is 0.295 bits per heavy atom. The van der Waals surface area contributed by atoms with Gasteiger partial charge in [-0.25, -0.2) is 0 Å². The van der Waals surface area contributed by atoms with Crippen LogP contribution in [0.3, 0.4) is 0 Å². The summed E-state index contributed by atoms with van der Waals surface area (Å²) in [5.41, 5.74) is 9.42. The van der Waals surface area contributed by atoms with Gasteiger partial charge in [0.1, 0.15) is 11.5 Å². The second-order valence-electron chi connectivity index (χ2n) is 15.5. The van der Waals surface area contributed by atoms with Crippen molar-refractivity contribution in [1.82, 2.24) is 0 Å². The van der Waals surface area contributed by atoms with E-state index in [1.807, 2.05) is 12.1 Å². The molecule has 7 heteroatoms. The highest BCUT2D eigenvalue weighted by Crippen LogP contribution is 2.56. The Hall–Kier alpha value is -5.30. The Morgan fingerprint density at radius 3 is 0.787 bits per heavy atom. The predicted octanol–water partition coefficient (Wildman–Crippen LogP) is 17.5. The van der Waals surface area contributed by atoms with Crippen molar-refractivity contribution in [3.8, 4) is 22.6 Å². The lowest BCUT2D eigenvalue weighted by Crippen LogP contribution is -2.54. The largest absolute Gasteiger partial charge is 0.457 e. The van der Waals surface area contributed by atoms with Crippen LogP contribution in [0.2, 0.25) is 0 Å². The standard InChI is InChI=1S/C19H18F6.C16H18O.C16H18.3CH4/c1-11-5-7-15(9-13(11)3)17(18(20,21)22,19(23,24)25)16-8-6-12(2)14(4)10-16;1-11-5-7-15(9-13(11)3)17-16-8-6-12(2)14(4)10-16;1-11-5-7-15(9-13(11)3)16-8-6-12(2)14(4)10-16;;;/h5-10H,1-4H3;5-10H,1-4H3;5-10H,1-4H3;3*1H4. The Balaban J connectivity index is 0.000000460. The van der Waals surface area contributed by atoms with Gasteiger partial charge in [0.05, 0.1) is 0 Å². The smallest absolute Gasteiger partial charge is 0.411 e. The minimum Gasteiger partial charge on any atom is -0.457 e. The van der Waals surface area contributed by atoms with Gasteiger partial charge in [-0.2, -0.15) is 26.3 Å². The third kappa shape index (κ3) is 12.4. The minimum absolute atomic E-state index is 0. The van der Waals surface area contributed by atoms with Crippen molar-refractivity contribution in [3.63, 3.8) is 0 Å². The van der Waals surface area contributed by atoms with Crippen molar-refractivity contribution in [1.29, 1.82) is 0 Å². The average molecular weight is 845 g/mol. The van der Waals surface area contributed by atoms with E-state index in [-0.39, 0.29) is 22.3 Å². The van der Waals surface area contributed by atoms with Crippen LogP contribution in [0.25, 0.3) is 11.1 Å². The third-order valence-electron chi connectivity index (χ3n) is 11.3. The maximum atomic E-state index is 14.0. The molecule has 61 heavy (non-hydrogen) atoms. The fourth-order valence-electron chi connectivity index (χ4n) is 6.46. The molecule has 0 aliphatic heterocycles. The van der Waals surface area contributed by atoms with Crippen LogP contribution < -0.4 is 4.74 Å². The number of halogens is 6. The lowest BCUT2D eigenvalue weighted by molar-refractivity contribution is -0.288. The molecule has 0 heterocycles. The number of hydrogen-bond acceptors (Lipinski definition) is 1. The lowest BCUT2D eigenvalue weighted by Gasteiger charge is -2.38. The molecule has 0 bridgehead atoms. The van der Waals surface area contributed by atoms with Crippen molar-refractivity contribution >= 4 is 0 Å². The molecular weight excluding hydrogens is 779 g/mol. The van der Waals surface area contributed by atoms with Gasteiger partial charge in [-0.15, -0.1) is 0 Å². The number of rotatable bonds is 5. The molecule has 0 spiro atoms. The number of hydrogen-bond donors (Lipinski definition) is 0. The van der Waals surface area contributed by atoms with E-state index in [9.17, 15) is 26.3 Å². The molecule has 6 rings (SSSR count). The molecule has 0 saturated heterocycles.